The molecule has 0 radical (unpaired) electrons. The fourth-order valence-corrected chi connectivity index (χ4v) is 4.51. The molecule has 184 valence electrons. The van der Waals surface area contributed by atoms with Crippen LogP contribution in [0.25, 0.3) is 27.9 Å². The molecular weight excluding hydrogens is 446 g/mol. The van der Waals surface area contributed by atoms with Gasteiger partial charge in [-0.3, -0.25) is 0 Å². The maximum Gasteiger partial charge on any atom is 0.330 e. The smallest absolute Gasteiger partial charge is 0.330 e. The zero-order valence-electron chi connectivity index (χ0n) is 20.3. The third-order valence-corrected chi connectivity index (χ3v) is 6.47. The molecule has 3 aromatic rings. The van der Waals surface area contributed by atoms with E-state index in [1.54, 1.807) is 6.08 Å². The van der Waals surface area contributed by atoms with E-state index in [2.05, 4.69) is 25.0 Å². The lowest BCUT2D eigenvalue weighted by atomic mass is 9.99. The number of fused-ring (bicyclic) bond motifs is 2. The number of hydrogen-bond acceptors (Lipinski definition) is 8. The molecule has 35 heavy (non-hydrogen) atoms. The van der Waals surface area contributed by atoms with Gasteiger partial charge in [0, 0.05) is 55.9 Å². The molecule has 10 heteroatoms. The van der Waals surface area contributed by atoms with Gasteiger partial charge in [0.2, 0.25) is 5.95 Å². The summed E-state index contributed by atoms with van der Waals surface area (Å²) in [5, 5.41) is 14.2. The SMILES string of the molecule is CN(C)CCN(C)C1=CC(C(=O)O)Nc2c1nc(N1CCOCC1)nc2-c1cccc2[nH]ccc12. The normalized spacial score (nSPS) is 17.8. The number of carboxylic acids is 1. The molecule has 5 rings (SSSR count). The lowest BCUT2D eigenvalue weighted by Crippen LogP contribution is -2.39. The summed E-state index contributed by atoms with van der Waals surface area (Å²) >= 11 is 0. The molecule has 4 heterocycles. The van der Waals surface area contributed by atoms with Crippen LogP contribution in [0, 0.1) is 0 Å². The highest BCUT2D eigenvalue weighted by Gasteiger charge is 2.32. The second-order valence-corrected chi connectivity index (χ2v) is 9.18. The van der Waals surface area contributed by atoms with Crippen molar-refractivity contribution in [3.63, 3.8) is 0 Å². The van der Waals surface area contributed by atoms with Gasteiger partial charge in [-0.25, -0.2) is 14.8 Å². The molecular formula is C25H31N7O3. The lowest BCUT2D eigenvalue weighted by Gasteiger charge is -2.33. The monoisotopic (exact) mass is 477 g/mol. The summed E-state index contributed by atoms with van der Waals surface area (Å²) in [7, 11) is 6.02. The second kappa shape index (κ2) is 9.55. The van der Waals surface area contributed by atoms with E-state index in [0.29, 0.717) is 49.3 Å². The molecule has 2 aliphatic rings. The zero-order chi connectivity index (χ0) is 24.5. The zero-order valence-corrected chi connectivity index (χ0v) is 20.3. The molecule has 10 nitrogen and oxygen atoms in total. The Bertz CT molecular complexity index is 1260. The average molecular weight is 478 g/mol. The average Bonchev–Trinajstić information content (AvgIpc) is 3.35. The molecule has 1 atom stereocenters. The van der Waals surface area contributed by atoms with Crippen molar-refractivity contribution < 1.29 is 14.6 Å². The van der Waals surface area contributed by atoms with E-state index in [1.807, 2.05) is 51.6 Å². The number of carboxylic acid groups (broad SMARTS) is 1. The highest BCUT2D eigenvalue weighted by Crippen LogP contribution is 2.40. The molecule has 2 aliphatic heterocycles. The molecule has 0 aliphatic carbocycles. The van der Waals surface area contributed by atoms with E-state index in [0.717, 1.165) is 35.3 Å². The van der Waals surface area contributed by atoms with E-state index in [4.69, 9.17) is 14.7 Å². The summed E-state index contributed by atoms with van der Waals surface area (Å²) in [4.78, 5) is 31.7. The maximum atomic E-state index is 12.1. The number of morpholine rings is 1. The van der Waals surface area contributed by atoms with Crippen molar-refractivity contribution in [2.24, 2.45) is 0 Å². The predicted octanol–water partition coefficient (Wildman–Crippen LogP) is 2.17. The molecule has 0 spiro atoms. The van der Waals surface area contributed by atoms with Crippen LogP contribution in [0.4, 0.5) is 11.6 Å². The number of aliphatic carboxylic acids is 1. The number of rotatable bonds is 7. The first-order chi connectivity index (χ1) is 16.9. The van der Waals surface area contributed by atoms with Gasteiger partial charge < -0.3 is 34.8 Å². The van der Waals surface area contributed by atoms with Gasteiger partial charge in [0.05, 0.1) is 24.6 Å². The van der Waals surface area contributed by atoms with Crippen LogP contribution in [-0.4, -0.2) is 102 Å². The van der Waals surface area contributed by atoms with Gasteiger partial charge in [0.1, 0.15) is 17.4 Å². The Morgan fingerprint density at radius 2 is 1.91 bits per heavy atom. The predicted molar refractivity (Wildman–Crippen MR) is 137 cm³/mol. The fraction of sp³-hybridized carbons (Fsp3) is 0.400. The number of hydrogen-bond donors (Lipinski definition) is 3. The van der Waals surface area contributed by atoms with Crippen LogP contribution in [-0.2, 0) is 9.53 Å². The molecule has 1 saturated heterocycles. The summed E-state index contributed by atoms with van der Waals surface area (Å²) in [6, 6.07) is 7.15. The van der Waals surface area contributed by atoms with Crippen molar-refractivity contribution in [2.75, 3.05) is 70.8 Å². The van der Waals surface area contributed by atoms with Gasteiger partial charge in [0.15, 0.2) is 0 Å². The number of anilines is 2. The number of ether oxygens (including phenoxy) is 1. The standard InChI is InChI=1S/C25H31N7O3/c1-30(2)9-10-31(3)20-15-19(24(33)34)27-23-21(17-5-4-6-18-16(17)7-8-26-18)28-25(29-22(20)23)32-11-13-35-14-12-32/h4-8,15,19,26-27H,9-14H2,1-3H3,(H,33,34). The van der Waals surface area contributed by atoms with Crippen LogP contribution in [0.5, 0.6) is 0 Å². The summed E-state index contributed by atoms with van der Waals surface area (Å²) in [6.07, 6.45) is 3.65. The number of benzene rings is 1. The largest absolute Gasteiger partial charge is 0.479 e. The number of aromatic nitrogens is 3. The van der Waals surface area contributed by atoms with Gasteiger partial charge in [-0.15, -0.1) is 0 Å². The van der Waals surface area contributed by atoms with Gasteiger partial charge in [-0.1, -0.05) is 12.1 Å². The Morgan fingerprint density at radius 1 is 1.14 bits per heavy atom. The molecule has 1 fully saturated rings. The van der Waals surface area contributed by atoms with Crippen LogP contribution < -0.4 is 10.2 Å². The third-order valence-electron chi connectivity index (χ3n) is 6.47. The Labute approximate surface area is 204 Å². The number of H-pyrrole nitrogens is 1. The summed E-state index contributed by atoms with van der Waals surface area (Å²) in [5.74, 6) is -0.325. The molecule has 0 amide bonds. The number of likely N-dealkylation sites (N-methyl/N-ethyl adjacent to an activating group) is 2. The van der Waals surface area contributed by atoms with E-state index in [1.165, 1.54) is 0 Å². The summed E-state index contributed by atoms with van der Waals surface area (Å²) in [6.45, 7) is 4.19. The Morgan fingerprint density at radius 3 is 2.66 bits per heavy atom. The minimum Gasteiger partial charge on any atom is -0.479 e. The van der Waals surface area contributed by atoms with E-state index in [9.17, 15) is 9.90 Å². The van der Waals surface area contributed by atoms with Crippen LogP contribution in [0.1, 0.15) is 5.69 Å². The van der Waals surface area contributed by atoms with Crippen molar-refractivity contribution in [1.29, 1.82) is 0 Å². The van der Waals surface area contributed by atoms with Crippen molar-refractivity contribution in [3.8, 4) is 11.3 Å². The quantitative estimate of drug-likeness (QED) is 0.472. The van der Waals surface area contributed by atoms with Crippen LogP contribution in [0.2, 0.25) is 0 Å². The topological polar surface area (TPSA) is 110 Å². The van der Waals surface area contributed by atoms with Crippen molar-refractivity contribution in [3.05, 3.63) is 42.2 Å². The van der Waals surface area contributed by atoms with Gasteiger partial charge >= 0.3 is 5.97 Å². The Kier molecular flexibility index (Phi) is 6.31. The molecule has 0 bridgehead atoms. The highest BCUT2D eigenvalue weighted by atomic mass is 16.5. The molecule has 1 unspecified atom stereocenters. The highest BCUT2D eigenvalue weighted by molar-refractivity contribution is 6.01. The Hall–Kier alpha value is -3.63. The van der Waals surface area contributed by atoms with Crippen molar-refractivity contribution in [1.82, 2.24) is 24.8 Å². The van der Waals surface area contributed by atoms with E-state index in [-0.39, 0.29) is 0 Å². The Balaban J connectivity index is 1.70. The van der Waals surface area contributed by atoms with E-state index < -0.39 is 12.0 Å². The minimum absolute atomic E-state index is 0.619. The summed E-state index contributed by atoms with van der Waals surface area (Å²) < 4.78 is 5.55. The molecule has 0 saturated carbocycles. The van der Waals surface area contributed by atoms with E-state index >= 15 is 0 Å². The van der Waals surface area contributed by atoms with Gasteiger partial charge in [-0.05, 0) is 32.3 Å². The number of nitrogens with one attached hydrogen (secondary N) is 2. The molecule has 1 aromatic carbocycles. The molecule has 2 aromatic heterocycles. The second-order valence-electron chi connectivity index (χ2n) is 9.18. The lowest BCUT2D eigenvalue weighted by molar-refractivity contribution is -0.136. The number of aromatic amines is 1. The van der Waals surface area contributed by atoms with Crippen molar-refractivity contribution in [2.45, 2.75) is 6.04 Å². The maximum absolute atomic E-state index is 12.1. The molecule has 3 N–H and O–H groups in total. The number of nitrogens with zero attached hydrogens (tertiary/aromatic N) is 5. The van der Waals surface area contributed by atoms with Crippen molar-refractivity contribution >= 4 is 34.2 Å². The first-order valence-electron chi connectivity index (χ1n) is 11.8. The summed E-state index contributed by atoms with van der Waals surface area (Å²) in [5.41, 5.74) is 4.74. The van der Waals surface area contributed by atoms with Gasteiger partial charge in [0.25, 0.3) is 0 Å². The van der Waals surface area contributed by atoms with Gasteiger partial charge in [-0.2, -0.15) is 0 Å². The first-order valence-corrected chi connectivity index (χ1v) is 11.8. The van der Waals surface area contributed by atoms with Crippen LogP contribution in [0.3, 0.4) is 0 Å². The third kappa shape index (κ3) is 4.54. The fourth-order valence-electron chi connectivity index (χ4n) is 4.51. The van der Waals surface area contributed by atoms with Crippen LogP contribution in [0.15, 0.2) is 36.5 Å². The number of carbonyl (C=O) groups is 1. The first kappa shape index (κ1) is 23.1. The van der Waals surface area contributed by atoms with Crippen LogP contribution >= 0.6 is 0 Å². The minimum atomic E-state index is -0.947.